The van der Waals surface area contributed by atoms with Crippen molar-refractivity contribution in [3.05, 3.63) is 35.4 Å². The first kappa shape index (κ1) is 25.8. The van der Waals surface area contributed by atoms with Gasteiger partial charge < -0.3 is 28.4 Å². The molecule has 0 unspecified atom stereocenters. The lowest BCUT2D eigenvalue weighted by Crippen LogP contribution is -2.35. The van der Waals surface area contributed by atoms with E-state index in [0.717, 1.165) is 0 Å². The summed E-state index contributed by atoms with van der Waals surface area (Å²) < 4.78 is 31.5. The van der Waals surface area contributed by atoms with Crippen molar-refractivity contribution in [2.75, 3.05) is 42.7 Å². The number of carbonyl (C=O) groups excluding carboxylic acids is 2. The van der Waals surface area contributed by atoms with Crippen LogP contribution in [0, 0.1) is 0 Å². The number of methoxy groups -OCH3 is 6. The van der Waals surface area contributed by atoms with E-state index in [0.29, 0.717) is 45.6 Å². The standard InChI is InChI=1S/C22H26N4O8/c1-29-15-7-13(8-16(30-2)19(15)33-5)11-23-25-21(27)22(28)26-24-12-14-9-17(31-3)20(34-6)18(10-14)32-4/h7-12H,1-6H3,(H,25,27)(H,26,28)/b23-11-,24-12-. The van der Waals surface area contributed by atoms with Crippen molar-refractivity contribution in [1.29, 1.82) is 0 Å². The number of nitrogens with one attached hydrogen (secondary N) is 2. The van der Waals surface area contributed by atoms with E-state index in [1.54, 1.807) is 24.3 Å². The molecule has 0 spiro atoms. The summed E-state index contributed by atoms with van der Waals surface area (Å²) in [5.74, 6) is 0.423. The van der Waals surface area contributed by atoms with Crippen LogP contribution in [0.25, 0.3) is 0 Å². The van der Waals surface area contributed by atoms with E-state index < -0.39 is 11.8 Å². The third-order valence-corrected chi connectivity index (χ3v) is 4.34. The predicted molar refractivity (Wildman–Crippen MR) is 124 cm³/mol. The lowest BCUT2D eigenvalue weighted by molar-refractivity contribution is -0.139. The van der Waals surface area contributed by atoms with Crippen molar-refractivity contribution in [3.8, 4) is 34.5 Å². The van der Waals surface area contributed by atoms with Gasteiger partial charge in [-0.3, -0.25) is 9.59 Å². The summed E-state index contributed by atoms with van der Waals surface area (Å²) in [5.41, 5.74) is 5.29. The Hall–Kier alpha value is -4.48. The normalized spacial score (nSPS) is 10.6. The molecule has 2 amide bonds. The summed E-state index contributed by atoms with van der Waals surface area (Å²) in [7, 11) is 8.87. The molecule has 0 aliphatic carbocycles. The Kier molecular flexibility index (Phi) is 9.50. The number of benzene rings is 2. The van der Waals surface area contributed by atoms with Crippen molar-refractivity contribution in [1.82, 2.24) is 10.9 Å². The summed E-state index contributed by atoms with van der Waals surface area (Å²) in [5, 5.41) is 7.53. The highest BCUT2D eigenvalue weighted by molar-refractivity contribution is 6.35. The Bertz CT molecular complexity index is 949. The average Bonchev–Trinajstić information content (AvgIpc) is 2.86. The number of hydrogen-bond acceptors (Lipinski definition) is 10. The molecule has 0 saturated heterocycles. The molecule has 34 heavy (non-hydrogen) atoms. The predicted octanol–water partition coefficient (Wildman–Crippen LogP) is 1.34. The Morgan fingerprint density at radius 3 is 1.12 bits per heavy atom. The second-order valence-corrected chi connectivity index (χ2v) is 6.32. The molecule has 0 atom stereocenters. The molecule has 0 aromatic heterocycles. The number of hydrazone groups is 2. The molecule has 2 rings (SSSR count). The van der Waals surface area contributed by atoms with Gasteiger partial charge in [-0.1, -0.05) is 0 Å². The molecular weight excluding hydrogens is 448 g/mol. The minimum absolute atomic E-state index is 0.411. The first-order chi connectivity index (χ1) is 16.4. The molecule has 0 aliphatic heterocycles. The Labute approximate surface area is 196 Å². The van der Waals surface area contributed by atoms with Gasteiger partial charge in [-0.2, -0.15) is 10.2 Å². The van der Waals surface area contributed by atoms with Gasteiger partial charge in [0.15, 0.2) is 23.0 Å². The van der Waals surface area contributed by atoms with E-state index in [1.807, 2.05) is 0 Å². The smallest absolute Gasteiger partial charge is 0.331 e. The quantitative estimate of drug-likeness (QED) is 0.299. The van der Waals surface area contributed by atoms with Crippen molar-refractivity contribution < 1.29 is 38.0 Å². The monoisotopic (exact) mass is 474 g/mol. The first-order valence-electron chi connectivity index (χ1n) is 9.68. The molecule has 0 aliphatic rings. The summed E-state index contributed by atoms with van der Waals surface area (Å²) in [6, 6.07) is 6.50. The maximum Gasteiger partial charge on any atom is 0.331 e. The summed E-state index contributed by atoms with van der Waals surface area (Å²) >= 11 is 0. The lowest BCUT2D eigenvalue weighted by Gasteiger charge is -2.12. The highest BCUT2D eigenvalue weighted by Crippen LogP contribution is 2.38. The van der Waals surface area contributed by atoms with Gasteiger partial charge in [-0.25, -0.2) is 10.9 Å². The van der Waals surface area contributed by atoms with Crippen LogP contribution in [0.5, 0.6) is 34.5 Å². The molecule has 0 saturated carbocycles. The van der Waals surface area contributed by atoms with Gasteiger partial charge in [0.2, 0.25) is 11.5 Å². The molecule has 0 radical (unpaired) electrons. The number of ether oxygens (including phenoxy) is 6. The van der Waals surface area contributed by atoms with Crippen LogP contribution in [-0.4, -0.2) is 66.9 Å². The highest BCUT2D eigenvalue weighted by atomic mass is 16.5. The van der Waals surface area contributed by atoms with Crippen LogP contribution in [0.1, 0.15) is 11.1 Å². The van der Waals surface area contributed by atoms with E-state index in [2.05, 4.69) is 21.1 Å². The highest BCUT2D eigenvalue weighted by Gasteiger charge is 2.15. The van der Waals surface area contributed by atoms with Crippen LogP contribution in [0.4, 0.5) is 0 Å². The molecule has 182 valence electrons. The minimum atomic E-state index is -1.02. The fourth-order valence-corrected chi connectivity index (χ4v) is 2.78. The van der Waals surface area contributed by atoms with Crippen molar-refractivity contribution >= 4 is 24.2 Å². The Morgan fingerprint density at radius 1 is 0.588 bits per heavy atom. The van der Waals surface area contributed by atoms with E-state index in [4.69, 9.17) is 28.4 Å². The maximum atomic E-state index is 12.0. The molecule has 12 heteroatoms. The number of nitrogens with zero attached hydrogens (tertiary/aromatic N) is 2. The minimum Gasteiger partial charge on any atom is -0.493 e. The van der Waals surface area contributed by atoms with E-state index in [9.17, 15) is 9.59 Å². The molecule has 0 heterocycles. The van der Waals surface area contributed by atoms with Crippen molar-refractivity contribution in [2.24, 2.45) is 10.2 Å². The maximum absolute atomic E-state index is 12.0. The lowest BCUT2D eigenvalue weighted by atomic mass is 10.2. The van der Waals surface area contributed by atoms with Crippen LogP contribution in [0.3, 0.4) is 0 Å². The fraction of sp³-hybridized carbons (Fsp3) is 0.273. The molecule has 2 N–H and O–H groups in total. The van der Waals surface area contributed by atoms with Gasteiger partial charge in [0.1, 0.15) is 0 Å². The Balaban J connectivity index is 2.02. The van der Waals surface area contributed by atoms with E-state index in [1.165, 1.54) is 55.1 Å². The molecule has 2 aromatic carbocycles. The number of amides is 2. The van der Waals surface area contributed by atoms with Gasteiger partial charge in [0.05, 0.1) is 55.1 Å². The average molecular weight is 474 g/mol. The van der Waals surface area contributed by atoms with Crippen LogP contribution in [-0.2, 0) is 9.59 Å². The SMILES string of the molecule is COc1cc(/C=N\NC(=O)C(=O)N/N=C\c2cc(OC)c(OC)c(OC)c2)cc(OC)c1OC. The van der Waals surface area contributed by atoms with Crippen molar-refractivity contribution in [2.45, 2.75) is 0 Å². The number of hydrogen-bond donors (Lipinski definition) is 2. The molecule has 2 aromatic rings. The van der Waals surface area contributed by atoms with Gasteiger partial charge in [0, 0.05) is 11.1 Å². The zero-order valence-electron chi connectivity index (χ0n) is 19.6. The largest absolute Gasteiger partial charge is 0.493 e. The second kappa shape index (κ2) is 12.5. The van der Waals surface area contributed by atoms with E-state index >= 15 is 0 Å². The summed E-state index contributed by atoms with van der Waals surface area (Å²) in [6.07, 6.45) is 2.63. The first-order valence-corrected chi connectivity index (χ1v) is 9.68. The fourth-order valence-electron chi connectivity index (χ4n) is 2.78. The number of carbonyl (C=O) groups is 2. The molecular formula is C22H26N4O8. The van der Waals surface area contributed by atoms with Crippen LogP contribution in [0.15, 0.2) is 34.5 Å². The topological polar surface area (TPSA) is 138 Å². The van der Waals surface area contributed by atoms with Crippen LogP contribution in [0.2, 0.25) is 0 Å². The second-order valence-electron chi connectivity index (χ2n) is 6.32. The van der Waals surface area contributed by atoms with Crippen molar-refractivity contribution in [3.63, 3.8) is 0 Å². The third kappa shape index (κ3) is 6.28. The molecule has 12 nitrogen and oxygen atoms in total. The van der Waals surface area contributed by atoms with Gasteiger partial charge in [-0.15, -0.1) is 0 Å². The van der Waals surface area contributed by atoms with Gasteiger partial charge in [-0.05, 0) is 24.3 Å². The van der Waals surface area contributed by atoms with Crippen LogP contribution < -0.4 is 39.3 Å². The van der Waals surface area contributed by atoms with Gasteiger partial charge in [0.25, 0.3) is 0 Å². The van der Waals surface area contributed by atoms with E-state index in [-0.39, 0.29) is 0 Å². The molecule has 0 fully saturated rings. The zero-order chi connectivity index (χ0) is 25.1. The molecule has 0 bridgehead atoms. The summed E-state index contributed by atoms with van der Waals surface area (Å²) in [4.78, 5) is 23.9. The Morgan fingerprint density at radius 2 is 0.882 bits per heavy atom. The summed E-state index contributed by atoms with van der Waals surface area (Å²) in [6.45, 7) is 0. The van der Waals surface area contributed by atoms with Gasteiger partial charge >= 0.3 is 11.8 Å². The zero-order valence-corrected chi connectivity index (χ0v) is 19.6. The number of rotatable bonds is 10. The third-order valence-electron chi connectivity index (χ3n) is 4.34. The van der Waals surface area contributed by atoms with Crippen LogP contribution >= 0.6 is 0 Å².